The second-order valence-electron chi connectivity index (χ2n) is 5.05. The third kappa shape index (κ3) is 3.29. The van der Waals surface area contributed by atoms with Gasteiger partial charge in [-0.25, -0.2) is 0 Å². The van der Waals surface area contributed by atoms with Crippen molar-refractivity contribution >= 4 is 52.8 Å². The van der Waals surface area contributed by atoms with E-state index in [4.69, 9.17) is 4.18 Å². The highest BCUT2D eigenvalue weighted by Crippen LogP contribution is 2.35. The van der Waals surface area contributed by atoms with Crippen LogP contribution in [0.2, 0.25) is 0 Å². The molecule has 23 heavy (non-hydrogen) atoms. The summed E-state index contributed by atoms with van der Waals surface area (Å²) in [5, 5.41) is 1.49. The molecule has 0 heterocycles. The van der Waals surface area contributed by atoms with Crippen LogP contribution in [0.3, 0.4) is 0 Å². The Morgan fingerprint density at radius 2 is 1.65 bits per heavy atom. The molecule has 3 rings (SSSR count). The van der Waals surface area contributed by atoms with E-state index in [1.165, 1.54) is 0 Å². The lowest BCUT2D eigenvalue weighted by Crippen LogP contribution is -2.11. The van der Waals surface area contributed by atoms with Gasteiger partial charge in [0.1, 0.15) is 4.90 Å². The quantitative estimate of drug-likeness (QED) is 0.493. The molecule has 0 fully saturated rings. The first-order valence-corrected chi connectivity index (χ1v) is 9.76. The van der Waals surface area contributed by atoms with E-state index in [-0.39, 0.29) is 4.90 Å². The van der Waals surface area contributed by atoms with E-state index < -0.39 is 10.1 Å². The Bertz CT molecular complexity index is 969. The normalized spacial score (nSPS) is 11.6. The van der Waals surface area contributed by atoms with E-state index in [0.717, 1.165) is 15.4 Å². The zero-order valence-corrected chi connectivity index (χ0v) is 16.1. The number of benzene rings is 3. The second kappa shape index (κ2) is 6.26. The summed E-state index contributed by atoms with van der Waals surface area (Å²) in [6, 6.07) is 16.0. The first kappa shape index (κ1) is 16.5. The van der Waals surface area contributed by atoms with Gasteiger partial charge in [-0.3, -0.25) is 0 Å². The molecular weight excluding hydrogens is 444 g/mol. The molecule has 0 saturated carbocycles. The summed E-state index contributed by atoms with van der Waals surface area (Å²) in [6.07, 6.45) is 0. The monoisotopic (exact) mass is 454 g/mol. The largest absolute Gasteiger partial charge is 0.377 e. The Labute approximate surface area is 151 Å². The fourth-order valence-electron chi connectivity index (χ4n) is 2.36. The van der Waals surface area contributed by atoms with Gasteiger partial charge in [-0.15, -0.1) is 0 Å². The van der Waals surface area contributed by atoms with Gasteiger partial charge in [0, 0.05) is 9.86 Å². The Hall–Kier alpha value is -1.37. The van der Waals surface area contributed by atoms with Crippen molar-refractivity contribution in [2.75, 3.05) is 0 Å². The van der Waals surface area contributed by atoms with Crippen LogP contribution in [0.25, 0.3) is 10.8 Å². The lowest BCUT2D eigenvalue weighted by molar-refractivity contribution is 0.483. The summed E-state index contributed by atoms with van der Waals surface area (Å²) < 4.78 is 32.3. The minimum atomic E-state index is -3.94. The van der Waals surface area contributed by atoms with Crippen molar-refractivity contribution in [3.05, 3.63) is 69.1 Å². The van der Waals surface area contributed by atoms with Gasteiger partial charge in [0.2, 0.25) is 0 Å². The van der Waals surface area contributed by atoms with Gasteiger partial charge in [0.05, 0.1) is 4.47 Å². The second-order valence-corrected chi connectivity index (χ2v) is 8.33. The van der Waals surface area contributed by atoms with Crippen molar-refractivity contribution < 1.29 is 12.6 Å². The van der Waals surface area contributed by atoms with Crippen LogP contribution in [0, 0.1) is 6.92 Å². The van der Waals surface area contributed by atoms with Crippen molar-refractivity contribution in [3.8, 4) is 5.75 Å². The predicted molar refractivity (Wildman–Crippen MR) is 98.3 cm³/mol. The molecule has 0 aromatic heterocycles. The highest BCUT2D eigenvalue weighted by Gasteiger charge is 2.22. The maximum atomic E-state index is 12.8. The number of hydrogen-bond donors (Lipinski definition) is 0. The average molecular weight is 456 g/mol. The van der Waals surface area contributed by atoms with Crippen LogP contribution in [-0.2, 0) is 10.1 Å². The summed E-state index contributed by atoms with van der Waals surface area (Å²) in [5.74, 6) is 0.293. The van der Waals surface area contributed by atoms with Gasteiger partial charge in [-0.05, 0) is 52.0 Å². The summed E-state index contributed by atoms with van der Waals surface area (Å²) >= 11 is 6.72. The molecule has 6 heteroatoms. The van der Waals surface area contributed by atoms with E-state index in [0.29, 0.717) is 15.6 Å². The van der Waals surface area contributed by atoms with Crippen molar-refractivity contribution in [3.63, 3.8) is 0 Å². The number of hydrogen-bond acceptors (Lipinski definition) is 3. The smallest absolute Gasteiger partial charge is 0.339 e. The number of halogens is 2. The molecule has 0 radical (unpaired) electrons. The third-order valence-corrected chi connectivity index (χ3v) is 5.73. The van der Waals surface area contributed by atoms with Crippen LogP contribution in [0.1, 0.15) is 5.56 Å². The minimum absolute atomic E-state index is 0.157. The lowest BCUT2D eigenvalue weighted by atomic mass is 10.1. The first-order valence-electron chi connectivity index (χ1n) is 6.76. The highest BCUT2D eigenvalue weighted by atomic mass is 79.9. The summed E-state index contributed by atoms with van der Waals surface area (Å²) in [6.45, 7) is 1.80. The fourth-order valence-corrected chi connectivity index (χ4v) is 5.22. The standard InChI is InChI=1S/C17H12Br2O3S/c1-11-9-13(18)10-15(19)17(11)22-23(20,21)16-8-4-6-12-5-2-3-7-14(12)16/h2-10H,1H3. The van der Waals surface area contributed by atoms with Crippen molar-refractivity contribution in [1.82, 2.24) is 0 Å². The topological polar surface area (TPSA) is 43.4 Å². The third-order valence-electron chi connectivity index (χ3n) is 3.41. The molecule has 0 aliphatic rings. The maximum Gasteiger partial charge on any atom is 0.339 e. The summed E-state index contributed by atoms with van der Waals surface area (Å²) in [5.41, 5.74) is 0.718. The molecular formula is C17H12Br2O3S. The molecule has 3 nitrogen and oxygen atoms in total. The van der Waals surface area contributed by atoms with Gasteiger partial charge in [-0.1, -0.05) is 52.3 Å². The molecule has 0 atom stereocenters. The Kier molecular flexibility index (Phi) is 4.49. The molecule has 0 N–H and O–H groups in total. The molecule has 0 bridgehead atoms. The number of fused-ring (bicyclic) bond motifs is 1. The first-order chi connectivity index (χ1) is 10.9. The van der Waals surface area contributed by atoms with E-state index in [1.54, 1.807) is 37.3 Å². The van der Waals surface area contributed by atoms with E-state index in [2.05, 4.69) is 31.9 Å². The van der Waals surface area contributed by atoms with E-state index in [9.17, 15) is 8.42 Å². The molecule has 0 aliphatic carbocycles. The predicted octanol–water partition coefficient (Wildman–Crippen LogP) is 5.44. The van der Waals surface area contributed by atoms with Crippen LogP contribution in [0.5, 0.6) is 5.75 Å². The van der Waals surface area contributed by atoms with Crippen LogP contribution in [0.15, 0.2) is 68.4 Å². The van der Waals surface area contributed by atoms with Crippen molar-refractivity contribution in [1.29, 1.82) is 0 Å². The zero-order valence-electron chi connectivity index (χ0n) is 12.1. The van der Waals surface area contributed by atoms with Crippen molar-refractivity contribution in [2.24, 2.45) is 0 Å². The van der Waals surface area contributed by atoms with Crippen LogP contribution < -0.4 is 4.18 Å². The summed E-state index contributed by atoms with van der Waals surface area (Å²) in [7, 11) is -3.94. The molecule has 0 unspecified atom stereocenters. The summed E-state index contributed by atoms with van der Waals surface area (Å²) in [4.78, 5) is 0.157. The minimum Gasteiger partial charge on any atom is -0.377 e. The lowest BCUT2D eigenvalue weighted by Gasteiger charge is -2.13. The molecule has 0 saturated heterocycles. The van der Waals surface area contributed by atoms with Crippen LogP contribution in [0.4, 0.5) is 0 Å². The van der Waals surface area contributed by atoms with E-state index in [1.807, 2.05) is 24.3 Å². The Morgan fingerprint density at radius 1 is 0.957 bits per heavy atom. The molecule has 3 aromatic carbocycles. The van der Waals surface area contributed by atoms with Crippen LogP contribution >= 0.6 is 31.9 Å². The van der Waals surface area contributed by atoms with Crippen molar-refractivity contribution in [2.45, 2.75) is 11.8 Å². The highest BCUT2D eigenvalue weighted by molar-refractivity contribution is 9.11. The molecule has 0 spiro atoms. The molecule has 3 aromatic rings. The maximum absolute atomic E-state index is 12.8. The fraction of sp³-hybridized carbons (Fsp3) is 0.0588. The molecule has 0 amide bonds. The average Bonchev–Trinajstić information content (AvgIpc) is 2.50. The van der Waals surface area contributed by atoms with Gasteiger partial charge in [-0.2, -0.15) is 8.42 Å². The van der Waals surface area contributed by atoms with Crippen LogP contribution in [-0.4, -0.2) is 8.42 Å². The van der Waals surface area contributed by atoms with E-state index >= 15 is 0 Å². The zero-order chi connectivity index (χ0) is 16.6. The van der Waals surface area contributed by atoms with Gasteiger partial charge >= 0.3 is 10.1 Å². The molecule has 0 aliphatic heterocycles. The number of rotatable bonds is 3. The van der Waals surface area contributed by atoms with Gasteiger partial charge in [0.15, 0.2) is 5.75 Å². The van der Waals surface area contributed by atoms with Gasteiger partial charge < -0.3 is 4.18 Å². The number of aryl methyl sites for hydroxylation is 1. The molecule has 118 valence electrons. The SMILES string of the molecule is Cc1cc(Br)cc(Br)c1OS(=O)(=O)c1cccc2ccccc12. The Balaban J connectivity index is 2.12. The Morgan fingerprint density at radius 3 is 2.39 bits per heavy atom. The van der Waals surface area contributed by atoms with Gasteiger partial charge in [0.25, 0.3) is 0 Å².